The van der Waals surface area contributed by atoms with Gasteiger partial charge in [0.15, 0.2) is 0 Å². The van der Waals surface area contributed by atoms with Gasteiger partial charge in [0.25, 0.3) is 5.91 Å². The largest absolute Gasteiger partial charge is 0.352 e. The van der Waals surface area contributed by atoms with Crippen molar-refractivity contribution in [3.63, 3.8) is 0 Å². The Morgan fingerprint density at radius 3 is 2.86 bits per heavy atom. The lowest BCUT2D eigenvalue weighted by Crippen LogP contribution is -2.26. The van der Waals surface area contributed by atoms with Crippen LogP contribution < -0.4 is 5.32 Å². The first kappa shape index (κ1) is 14.7. The fourth-order valence-electron chi connectivity index (χ4n) is 2.51. The summed E-state index contributed by atoms with van der Waals surface area (Å²) in [7, 11) is 0. The normalized spacial score (nSPS) is 10.8. The molecule has 3 nitrogen and oxygen atoms in total. The number of carbonyl (C=O) groups excluding carboxylic acids is 1. The summed E-state index contributed by atoms with van der Waals surface area (Å²) in [5.41, 5.74) is 3.57. The SMILES string of the molecule is Cc1ccc2nc(C)cc(C(=O)NCCc3cccs3)c2c1. The lowest BCUT2D eigenvalue weighted by atomic mass is 10.0. The third kappa shape index (κ3) is 3.17. The number of pyridine rings is 1. The number of aryl methyl sites for hydroxylation is 2. The van der Waals surface area contributed by atoms with Crippen LogP contribution in [0.25, 0.3) is 10.9 Å². The Kier molecular flexibility index (Phi) is 4.20. The minimum atomic E-state index is -0.0299. The number of hydrogen-bond acceptors (Lipinski definition) is 3. The Morgan fingerprint density at radius 2 is 2.09 bits per heavy atom. The van der Waals surface area contributed by atoms with Crippen molar-refractivity contribution in [2.75, 3.05) is 6.54 Å². The number of carbonyl (C=O) groups is 1. The van der Waals surface area contributed by atoms with Crippen LogP contribution in [0.2, 0.25) is 0 Å². The first-order chi connectivity index (χ1) is 10.6. The van der Waals surface area contributed by atoms with Crippen LogP contribution in [-0.4, -0.2) is 17.4 Å². The third-order valence-electron chi connectivity index (χ3n) is 3.57. The fourth-order valence-corrected chi connectivity index (χ4v) is 3.22. The van der Waals surface area contributed by atoms with Crippen LogP contribution in [0.1, 0.15) is 26.5 Å². The molecule has 0 aliphatic rings. The summed E-state index contributed by atoms with van der Waals surface area (Å²) in [6, 6.07) is 12.0. The van der Waals surface area contributed by atoms with Crippen molar-refractivity contribution in [1.82, 2.24) is 10.3 Å². The molecule has 0 fully saturated rings. The van der Waals surface area contributed by atoms with Crippen LogP contribution in [0, 0.1) is 13.8 Å². The van der Waals surface area contributed by atoms with E-state index in [0.29, 0.717) is 12.1 Å². The molecular formula is C18H18N2OS. The van der Waals surface area contributed by atoms with Gasteiger partial charge in [0.2, 0.25) is 0 Å². The molecule has 0 bridgehead atoms. The molecule has 0 saturated carbocycles. The van der Waals surface area contributed by atoms with Crippen molar-refractivity contribution in [3.8, 4) is 0 Å². The molecule has 2 heterocycles. The van der Waals surface area contributed by atoms with E-state index in [2.05, 4.69) is 21.7 Å². The summed E-state index contributed by atoms with van der Waals surface area (Å²) < 4.78 is 0. The van der Waals surface area contributed by atoms with Crippen molar-refractivity contribution in [1.29, 1.82) is 0 Å². The number of nitrogens with one attached hydrogen (secondary N) is 1. The van der Waals surface area contributed by atoms with Crippen LogP contribution in [0.3, 0.4) is 0 Å². The first-order valence-corrected chi connectivity index (χ1v) is 8.20. The van der Waals surface area contributed by atoms with Gasteiger partial charge in [-0.25, -0.2) is 0 Å². The van der Waals surface area contributed by atoms with E-state index in [-0.39, 0.29) is 5.91 Å². The average molecular weight is 310 g/mol. The van der Waals surface area contributed by atoms with E-state index in [1.54, 1.807) is 11.3 Å². The summed E-state index contributed by atoms with van der Waals surface area (Å²) in [5.74, 6) is -0.0299. The summed E-state index contributed by atoms with van der Waals surface area (Å²) >= 11 is 1.72. The number of benzene rings is 1. The van der Waals surface area contributed by atoms with E-state index >= 15 is 0 Å². The number of aromatic nitrogens is 1. The predicted molar refractivity (Wildman–Crippen MR) is 91.6 cm³/mol. The van der Waals surface area contributed by atoms with Gasteiger partial charge in [-0.3, -0.25) is 9.78 Å². The predicted octanol–water partition coefficient (Wildman–Crippen LogP) is 3.89. The molecule has 1 N–H and O–H groups in total. The van der Waals surface area contributed by atoms with Gasteiger partial charge in [-0.05, 0) is 49.9 Å². The highest BCUT2D eigenvalue weighted by Crippen LogP contribution is 2.20. The standard InChI is InChI=1S/C18H18N2OS/c1-12-5-6-17-15(10-12)16(11-13(2)20-17)18(21)19-8-7-14-4-3-9-22-14/h3-6,9-11H,7-8H2,1-2H3,(H,19,21). The zero-order chi connectivity index (χ0) is 15.5. The minimum absolute atomic E-state index is 0.0299. The van der Waals surface area contributed by atoms with Gasteiger partial charge >= 0.3 is 0 Å². The van der Waals surface area contributed by atoms with E-state index in [1.807, 2.05) is 44.2 Å². The van der Waals surface area contributed by atoms with Crippen LogP contribution in [-0.2, 0) is 6.42 Å². The molecule has 0 spiro atoms. The highest BCUT2D eigenvalue weighted by Gasteiger charge is 2.12. The third-order valence-corrected chi connectivity index (χ3v) is 4.51. The topological polar surface area (TPSA) is 42.0 Å². The van der Waals surface area contributed by atoms with Crippen molar-refractivity contribution in [3.05, 3.63) is 63.5 Å². The Morgan fingerprint density at radius 1 is 1.23 bits per heavy atom. The summed E-state index contributed by atoms with van der Waals surface area (Å²) in [4.78, 5) is 18.3. The summed E-state index contributed by atoms with van der Waals surface area (Å²) in [6.45, 7) is 4.59. The number of nitrogens with zero attached hydrogens (tertiary/aromatic N) is 1. The molecule has 112 valence electrons. The van der Waals surface area contributed by atoms with E-state index in [1.165, 1.54) is 4.88 Å². The highest BCUT2D eigenvalue weighted by atomic mass is 32.1. The van der Waals surface area contributed by atoms with E-state index < -0.39 is 0 Å². The van der Waals surface area contributed by atoms with Gasteiger partial charge in [-0.2, -0.15) is 0 Å². The molecular weight excluding hydrogens is 292 g/mol. The number of fused-ring (bicyclic) bond motifs is 1. The van der Waals surface area contributed by atoms with Crippen LogP contribution in [0.4, 0.5) is 0 Å². The monoisotopic (exact) mass is 310 g/mol. The van der Waals surface area contributed by atoms with Crippen LogP contribution in [0.5, 0.6) is 0 Å². The zero-order valence-corrected chi connectivity index (χ0v) is 13.5. The molecule has 0 aliphatic heterocycles. The molecule has 1 aromatic carbocycles. The van der Waals surface area contributed by atoms with Gasteiger partial charge in [0.1, 0.15) is 0 Å². The molecule has 3 rings (SSSR count). The molecule has 0 saturated heterocycles. The number of amides is 1. The minimum Gasteiger partial charge on any atom is -0.352 e. The fraction of sp³-hybridized carbons (Fsp3) is 0.222. The van der Waals surface area contributed by atoms with E-state index in [0.717, 1.165) is 28.6 Å². The Bertz CT molecular complexity index is 809. The van der Waals surface area contributed by atoms with Crippen molar-refractivity contribution in [2.24, 2.45) is 0 Å². The van der Waals surface area contributed by atoms with Gasteiger partial charge in [0, 0.05) is 22.5 Å². The maximum Gasteiger partial charge on any atom is 0.252 e. The molecule has 0 unspecified atom stereocenters. The number of thiophene rings is 1. The van der Waals surface area contributed by atoms with Gasteiger partial charge in [-0.15, -0.1) is 11.3 Å². The molecule has 0 atom stereocenters. The van der Waals surface area contributed by atoms with E-state index in [4.69, 9.17) is 0 Å². The van der Waals surface area contributed by atoms with Crippen molar-refractivity contribution >= 4 is 28.1 Å². The molecule has 0 aliphatic carbocycles. The van der Waals surface area contributed by atoms with Crippen LogP contribution >= 0.6 is 11.3 Å². The highest BCUT2D eigenvalue weighted by molar-refractivity contribution is 7.09. The average Bonchev–Trinajstić information content (AvgIpc) is 3.00. The van der Waals surface area contributed by atoms with Crippen molar-refractivity contribution in [2.45, 2.75) is 20.3 Å². The second kappa shape index (κ2) is 6.28. The maximum atomic E-state index is 12.5. The Hall–Kier alpha value is -2.20. The summed E-state index contributed by atoms with van der Waals surface area (Å²) in [5, 5.41) is 5.99. The second-order valence-corrected chi connectivity index (χ2v) is 6.45. The Labute approximate surface area is 134 Å². The van der Waals surface area contributed by atoms with Gasteiger partial charge in [0.05, 0.1) is 11.1 Å². The second-order valence-electron chi connectivity index (χ2n) is 5.42. The molecule has 4 heteroatoms. The molecule has 0 radical (unpaired) electrons. The zero-order valence-electron chi connectivity index (χ0n) is 12.7. The summed E-state index contributed by atoms with van der Waals surface area (Å²) in [6.07, 6.45) is 0.866. The number of hydrogen-bond donors (Lipinski definition) is 1. The smallest absolute Gasteiger partial charge is 0.252 e. The Balaban J connectivity index is 1.82. The maximum absolute atomic E-state index is 12.5. The lowest BCUT2D eigenvalue weighted by molar-refractivity contribution is 0.0955. The molecule has 2 aromatic heterocycles. The molecule has 1 amide bonds. The van der Waals surface area contributed by atoms with Crippen molar-refractivity contribution < 1.29 is 4.79 Å². The molecule has 22 heavy (non-hydrogen) atoms. The molecule has 3 aromatic rings. The lowest BCUT2D eigenvalue weighted by Gasteiger charge is -2.09. The quantitative estimate of drug-likeness (QED) is 0.794. The first-order valence-electron chi connectivity index (χ1n) is 7.32. The number of rotatable bonds is 4. The van der Waals surface area contributed by atoms with Gasteiger partial charge < -0.3 is 5.32 Å². The van der Waals surface area contributed by atoms with Gasteiger partial charge in [-0.1, -0.05) is 17.7 Å². The van der Waals surface area contributed by atoms with E-state index in [9.17, 15) is 4.79 Å². The van der Waals surface area contributed by atoms with Crippen LogP contribution in [0.15, 0.2) is 41.8 Å².